The van der Waals surface area contributed by atoms with E-state index in [0.717, 1.165) is 0 Å². The van der Waals surface area contributed by atoms with E-state index in [2.05, 4.69) is 145 Å². The second kappa shape index (κ2) is 12.5. The molecule has 6 rings (SSSR count). The maximum absolute atomic E-state index is 2.26. The van der Waals surface area contributed by atoms with Crippen molar-refractivity contribution in [3.8, 4) is 0 Å². The van der Waals surface area contributed by atoms with Crippen LogP contribution in [0.25, 0.3) is 43.1 Å². The fourth-order valence-corrected chi connectivity index (χ4v) is 4.23. The number of halogens is 2. The normalized spacial score (nSPS) is 10.1. The molecule has 0 N–H and O–H groups in total. The molecule has 0 bridgehead atoms. The predicted molar refractivity (Wildman–Crippen MR) is 140 cm³/mol. The second-order valence-electron chi connectivity index (χ2n) is 8.64. The van der Waals surface area contributed by atoms with Gasteiger partial charge in [-0.3, -0.25) is 0 Å². The first-order valence-corrected chi connectivity index (χ1v) is 11.8. The monoisotopic (exact) mass is 518 g/mol. The molecular formula is C31H28Cl2Ti-2. The van der Waals surface area contributed by atoms with Crippen LogP contribution in [0, 0.1) is 13.8 Å². The molecule has 0 aromatic heterocycles. The largest absolute Gasteiger partial charge is 1.00 e. The van der Waals surface area contributed by atoms with Crippen molar-refractivity contribution in [2.24, 2.45) is 0 Å². The topological polar surface area (TPSA) is 0 Å². The first-order chi connectivity index (χ1) is 15.4. The van der Waals surface area contributed by atoms with E-state index in [9.17, 15) is 0 Å². The molecular weight excluding hydrogens is 491 g/mol. The van der Waals surface area contributed by atoms with Gasteiger partial charge < -0.3 is 24.8 Å². The van der Waals surface area contributed by atoms with Gasteiger partial charge in [-0.2, -0.15) is 12.1 Å². The van der Waals surface area contributed by atoms with Gasteiger partial charge in [0.15, 0.2) is 0 Å². The molecule has 0 radical (unpaired) electrons. The van der Waals surface area contributed by atoms with Gasteiger partial charge in [-0.15, -0.1) is 56.9 Å². The van der Waals surface area contributed by atoms with E-state index in [1.54, 1.807) is 0 Å². The SMILES string of the molecule is C[C](C)=[Ti+2].Cc1cc2c(ccc3ccccc32)[cH-]1.Cc1cc2c(ccc3ccccc32)[cH-]1.[Cl-].[Cl-]. The van der Waals surface area contributed by atoms with Gasteiger partial charge in [-0.25, -0.2) is 0 Å². The Bertz CT molecular complexity index is 1420. The van der Waals surface area contributed by atoms with Crippen LogP contribution in [0.4, 0.5) is 0 Å². The van der Waals surface area contributed by atoms with Gasteiger partial charge in [-0.1, -0.05) is 85.3 Å². The van der Waals surface area contributed by atoms with Crippen molar-refractivity contribution in [1.82, 2.24) is 0 Å². The maximum atomic E-state index is 2.26. The molecule has 0 spiro atoms. The molecule has 34 heavy (non-hydrogen) atoms. The van der Waals surface area contributed by atoms with Crippen molar-refractivity contribution >= 4 is 46.9 Å². The number of fused-ring (bicyclic) bond motifs is 6. The average molecular weight is 519 g/mol. The molecule has 0 heterocycles. The van der Waals surface area contributed by atoms with Crippen LogP contribution in [0.3, 0.4) is 0 Å². The van der Waals surface area contributed by atoms with Crippen molar-refractivity contribution in [3.63, 3.8) is 0 Å². The number of aryl methyl sites for hydroxylation is 2. The van der Waals surface area contributed by atoms with Gasteiger partial charge in [0.1, 0.15) is 0 Å². The minimum atomic E-state index is 0. The minimum Gasteiger partial charge on any atom is -1.00 e. The van der Waals surface area contributed by atoms with Crippen LogP contribution < -0.4 is 24.8 Å². The molecule has 0 amide bonds. The fraction of sp³-hybridized carbons (Fsp3) is 0.129. The Morgan fingerprint density at radius 3 is 1.29 bits per heavy atom. The second-order valence-corrected chi connectivity index (χ2v) is 10.2. The van der Waals surface area contributed by atoms with Crippen molar-refractivity contribution in [3.05, 3.63) is 108 Å². The van der Waals surface area contributed by atoms with E-state index >= 15 is 0 Å². The van der Waals surface area contributed by atoms with E-state index < -0.39 is 0 Å². The van der Waals surface area contributed by atoms with Gasteiger partial charge in [0.2, 0.25) is 0 Å². The molecule has 0 saturated heterocycles. The number of hydrogen-bond donors (Lipinski definition) is 0. The summed E-state index contributed by atoms with van der Waals surface area (Å²) < 4.78 is 1.42. The summed E-state index contributed by atoms with van der Waals surface area (Å²) in [4.78, 5) is 0. The average Bonchev–Trinajstić information content (AvgIpc) is 3.35. The third-order valence-corrected chi connectivity index (χ3v) is 5.52. The van der Waals surface area contributed by atoms with Gasteiger partial charge in [-0.05, 0) is 10.8 Å². The molecule has 3 heteroatoms. The zero-order valence-electron chi connectivity index (χ0n) is 20.0. The maximum Gasteiger partial charge on any atom is -0.0370 e. The number of hydrogen-bond acceptors (Lipinski definition) is 0. The minimum absolute atomic E-state index is 0. The first-order valence-electron chi connectivity index (χ1n) is 11.0. The van der Waals surface area contributed by atoms with Crippen molar-refractivity contribution in [2.45, 2.75) is 27.7 Å². The number of rotatable bonds is 0. The Balaban J connectivity index is 0.000000198. The zero-order chi connectivity index (χ0) is 22.7. The first kappa shape index (κ1) is 28.0. The van der Waals surface area contributed by atoms with E-state index in [-0.39, 0.29) is 24.8 Å². The molecule has 172 valence electrons. The van der Waals surface area contributed by atoms with Crippen LogP contribution in [0.1, 0.15) is 25.0 Å². The molecule has 0 atom stereocenters. The summed E-state index contributed by atoms with van der Waals surface area (Å²) in [5, 5.41) is 10.8. The van der Waals surface area contributed by atoms with Crippen LogP contribution in [0.5, 0.6) is 0 Å². The van der Waals surface area contributed by atoms with E-state index in [1.165, 1.54) is 58.0 Å². The third-order valence-electron chi connectivity index (χ3n) is 5.52. The number of benzene rings is 4. The van der Waals surface area contributed by atoms with Crippen LogP contribution in [0.2, 0.25) is 0 Å². The summed E-state index contributed by atoms with van der Waals surface area (Å²) in [6, 6.07) is 34.9. The third kappa shape index (κ3) is 6.46. The van der Waals surface area contributed by atoms with E-state index in [4.69, 9.17) is 0 Å². The van der Waals surface area contributed by atoms with Crippen molar-refractivity contribution in [2.75, 3.05) is 0 Å². The summed E-state index contributed by atoms with van der Waals surface area (Å²) >= 11 is 2.08. The van der Waals surface area contributed by atoms with Crippen LogP contribution >= 0.6 is 0 Å². The predicted octanol–water partition coefficient (Wildman–Crippen LogP) is 2.79. The molecule has 0 nitrogen and oxygen atoms in total. The molecule has 6 aromatic rings. The quantitative estimate of drug-likeness (QED) is 0.214. The molecule has 6 aromatic carbocycles. The molecule has 0 unspecified atom stereocenters. The molecule has 0 fully saturated rings. The van der Waals surface area contributed by atoms with Crippen LogP contribution in [0.15, 0.2) is 97.1 Å². The Kier molecular flexibility index (Phi) is 10.3. The summed E-state index contributed by atoms with van der Waals surface area (Å²) in [5.41, 5.74) is 2.69. The summed E-state index contributed by atoms with van der Waals surface area (Å²) in [5.74, 6) is 0. The smallest absolute Gasteiger partial charge is 0.0370 e. The van der Waals surface area contributed by atoms with E-state index in [1.807, 2.05) is 0 Å². The Morgan fingerprint density at radius 2 is 0.912 bits per heavy atom. The van der Waals surface area contributed by atoms with Gasteiger partial charge in [0.05, 0.1) is 0 Å². The molecule has 0 saturated carbocycles. The van der Waals surface area contributed by atoms with Gasteiger partial charge in [0.25, 0.3) is 0 Å². The molecule has 0 aliphatic rings. The summed E-state index contributed by atoms with van der Waals surface area (Å²) in [6.45, 7) is 8.46. The van der Waals surface area contributed by atoms with E-state index in [0.29, 0.717) is 0 Å². The summed E-state index contributed by atoms with van der Waals surface area (Å²) in [6.07, 6.45) is 0. The molecule has 0 aliphatic carbocycles. The van der Waals surface area contributed by atoms with Gasteiger partial charge >= 0.3 is 37.6 Å². The Morgan fingerprint density at radius 1 is 0.559 bits per heavy atom. The van der Waals surface area contributed by atoms with Gasteiger partial charge in [0, 0.05) is 0 Å². The fourth-order valence-electron chi connectivity index (χ4n) is 4.23. The summed E-state index contributed by atoms with van der Waals surface area (Å²) in [7, 11) is 0. The Hall–Kier alpha value is -2.22. The van der Waals surface area contributed by atoms with Crippen LogP contribution in [-0.2, 0) is 20.0 Å². The standard InChI is InChI=1S/2C14H11.C3H6.2ClH.Ti/c2*1-10-8-12-7-6-11-4-2-3-5-13(11)14(12)9-10;1-3-2;;;/h2*2-9H,1H3;1-2H3;2*1H;/q2*-1;;;;+2/p-2. The van der Waals surface area contributed by atoms with Crippen molar-refractivity contribution in [1.29, 1.82) is 0 Å². The van der Waals surface area contributed by atoms with Crippen molar-refractivity contribution < 1.29 is 44.8 Å². The van der Waals surface area contributed by atoms with Crippen LogP contribution in [-0.4, -0.2) is 3.81 Å². The molecule has 0 aliphatic heterocycles. The Labute approximate surface area is 226 Å². The zero-order valence-corrected chi connectivity index (χ0v) is 23.1.